The van der Waals surface area contributed by atoms with Crippen LogP contribution in [0.2, 0.25) is 0 Å². The Morgan fingerprint density at radius 1 is 0.549 bits per heavy atom. The van der Waals surface area contributed by atoms with Crippen LogP contribution in [0, 0.1) is 0 Å². The number of ether oxygens (including phenoxy) is 3. The van der Waals surface area contributed by atoms with Gasteiger partial charge in [-0.05, 0) is 83.5 Å². The average molecular weight is 998 g/mol. The quantitative estimate of drug-likeness (QED) is 0.0196. The number of esters is 1. The fraction of sp³-hybridized carbons (Fsp3) is 0.733. The highest BCUT2D eigenvalue weighted by molar-refractivity contribution is 5.81. The van der Waals surface area contributed by atoms with Crippen LogP contribution in [0.25, 0.3) is 0 Å². The summed E-state index contributed by atoms with van der Waals surface area (Å²) in [6.45, 7) is 5.66. The molecule has 1 aliphatic rings. The van der Waals surface area contributed by atoms with Gasteiger partial charge in [0.15, 0.2) is 12.4 Å². The molecule has 8 atom stereocenters. The number of amides is 1. The smallest absolute Gasteiger partial charge is 0.306 e. The molecule has 0 radical (unpaired) electrons. The summed E-state index contributed by atoms with van der Waals surface area (Å²) in [6, 6.07) is -1.06. The van der Waals surface area contributed by atoms with Crippen molar-refractivity contribution in [1.82, 2.24) is 5.32 Å². The van der Waals surface area contributed by atoms with Crippen LogP contribution in [0.1, 0.15) is 220 Å². The van der Waals surface area contributed by atoms with Crippen molar-refractivity contribution in [3.05, 3.63) is 85.1 Å². The van der Waals surface area contributed by atoms with E-state index in [2.05, 4.69) is 86.8 Å². The Hall–Kier alpha value is -3.16. The molecular formula is C60H103NO10. The van der Waals surface area contributed by atoms with Crippen LogP contribution in [0.4, 0.5) is 0 Å². The molecule has 0 aliphatic carbocycles. The summed E-state index contributed by atoms with van der Waals surface area (Å²) in [7, 11) is 0. The highest BCUT2D eigenvalue weighted by Gasteiger charge is 2.47. The Morgan fingerprint density at radius 3 is 1.48 bits per heavy atom. The van der Waals surface area contributed by atoms with E-state index in [0.29, 0.717) is 12.8 Å². The Morgan fingerprint density at radius 2 is 0.972 bits per heavy atom. The lowest BCUT2D eigenvalue weighted by Crippen LogP contribution is -2.61. The van der Waals surface area contributed by atoms with Crippen LogP contribution in [-0.2, 0) is 23.8 Å². The van der Waals surface area contributed by atoms with Crippen molar-refractivity contribution in [3.63, 3.8) is 0 Å². The molecule has 1 fully saturated rings. The van der Waals surface area contributed by atoms with Crippen LogP contribution in [0.15, 0.2) is 85.1 Å². The summed E-state index contributed by atoms with van der Waals surface area (Å²) in [5.74, 6) is -1.31. The molecule has 0 aromatic rings. The summed E-state index contributed by atoms with van der Waals surface area (Å²) in [4.78, 5) is 26.4. The standard InChI is InChI=1S/C60H103NO10/c1-4-7-10-13-16-19-22-24-25-26-27-28-29-30-33-36-39-42-45-48-55(65)71-58-57(67)56(66)54(49-62)70-60(58)69-50-51(52(63)46-43-40-37-34-31-21-18-15-12-9-6-3)61-59(68)53(64)47-44-41-38-35-32-23-20-17-14-11-8-5-2/h16,19,24-25,27-28,30,32-33,35,41,43-44,46,51-54,56-58,60,62-64,66-67H,4-15,17-18,20-23,26,29,31,34,36-40,42,45,47-50H2,1-3H3,(H,61,68)/b19-16-,25-24-,28-27-,33-30-,35-32-,44-41+,46-43+. The van der Waals surface area contributed by atoms with Gasteiger partial charge in [-0.1, -0.05) is 209 Å². The molecule has 1 heterocycles. The number of rotatable bonds is 46. The zero-order chi connectivity index (χ0) is 51.8. The first-order chi connectivity index (χ1) is 34.7. The molecule has 1 aliphatic heterocycles. The lowest BCUT2D eigenvalue weighted by Gasteiger charge is -2.41. The molecule has 0 saturated carbocycles. The Balaban J connectivity index is 2.77. The summed E-state index contributed by atoms with van der Waals surface area (Å²) < 4.78 is 17.5. The van der Waals surface area contributed by atoms with Crippen molar-refractivity contribution in [3.8, 4) is 0 Å². The maximum Gasteiger partial charge on any atom is 0.306 e. The van der Waals surface area contributed by atoms with Crippen LogP contribution < -0.4 is 5.32 Å². The van der Waals surface area contributed by atoms with E-state index in [1.165, 1.54) is 103 Å². The summed E-state index contributed by atoms with van der Waals surface area (Å²) in [5, 5.41) is 56.6. The van der Waals surface area contributed by atoms with Crippen molar-refractivity contribution in [2.75, 3.05) is 13.2 Å². The minimum absolute atomic E-state index is 0.0752. The Kier molecular flexibility index (Phi) is 44.4. The summed E-state index contributed by atoms with van der Waals surface area (Å²) in [5.41, 5.74) is 0. The van der Waals surface area contributed by atoms with Crippen LogP contribution in [0.3, 0.4) is 0 Å². The van der Waals surface area contributed by atoms with Gasteiger partial charge in [-0.2, -0.15) is 0 Å². The third-order valence-electron chi connectivity index (χ3n) is 12.8. The number of allylic oxidation sites excluding steroid dienone is 12. The van der Waals surface area contributed by atoms with Gasteiger partial charge in [-0.25, -0.2) is 0 Å². The van der Waals surface area contributed by atoms with Gasteiger partial charge in [-0.15, -0.1) is 0 Å². The molecule has 0 aromatic carbocycles. The second-order valence-electron chi connectivity index (χ2n) is 19.3. The number of carbonyl (C=O) groups is 2. The Bertz CT molecular complexity index is 1470. The van der Waals surface area contributed by atoms with Gasteiger partial charge in [0.2, 0.25) is 5.91 Å². The SMILES string of the molecule is CCCCC/C=C\C/C=C\C/C=C\C/C=C\CCCCCC(=O)OC1C(OCC(NC(=O)C(O)C/C=C/C/C=C\CCCCCCCC)C(O)/C=C/CCCCCCCCCCC)OC(CO)C(O)C1O. The number of carbonyl (C=O) groups excluding carboxylic acids is 2. The molecule has 11 nitrogen and oxygen atoms in total. The first kappa shape index (κ1) is 65.9. The number of aliphatic hydroxyl groups excluding tert-OH is 5. The highest BCUT2D eigenvalue weighted by atomic mass is 16.7. The highest BCUT2D eigenvalue weighted by Crippen LogP contribution is 2.26. The molecule has 1 amide bonds. The van der Waals surface area contributed by atoms with E-state index >= 15 is 0 Å². The molecular weight excluding hydrogens is 895 g/mol. The van der Waals surface area contributed by atoms with Crippen molar-refractivity contribution >= 4 is 11.9 Å². The normalized spacial score (nSPS) is 20.3. The predicted octanol–water partition coefficient (Wildman–Crippen LogP) is 12.6. The van der Waals surface area contributed by atoms with Gasteiger partial charge in [-0.3, -0.25) is 9.59 Å². The number of aliphatic hydroxyl groups is 5. The van der Waals surface area contributed by atoms with E-state index in [9.17, 15) is 35.1 Å². The molecule has 0 bridgehead atoms. The third kappa shape index (κ3) is 36.4. The molecule has 71 heavy (non-hydrogen) atoms. The molecule has 1 rings (SSSR count). The van der Waals surface area contributed by atoms with Crippen LogP contribution in [-0.4, -0.2) is 99.6 Å². The number of hydrogen-bond donors (Lipinski definition) is 6. The fourth-order valence-electron chi connectivity index (χ4n) is 8.21. The maximum absolute atomic E-state index is 13.3. The minimum atomic E-state index is -1.64. The molecule has 0 spiro atoms. The molecule has 1 saturated heterocycles. The van der Waals surface area contributed by atoms with Crippen LogP contribution in [0.5, 0.6) is 0 Å². The van der Waals surface area contributed by atoms with Gasteiger partial charge < -0.3 is 45.1 Å². The number of unbranched alkanes of at least 4 members (excludes halogenated alkanes) is 21. The Labute approximate surface area is 432 Å². The van der Waals surface area contributed by atoms with E-state index < -0.39 is 67.4 Å². The monoisotopic (exact) mass is 998 g/mol. The first-order valence-electron chi connectivity index (χ1n) is 28.4. The van der Waals surface area contributed by atoms with E-state index in [-0.39, 0.29) is 19.4 Å². The molecule has 8 unspecified atom stereocenters. The fourth-order valence-corrected chi connectivity index (χ4v) is 8.21. The van der Waals surface area contributed by atoms with Crippen molar-refractivity contribution in [2.45, 2.75) is 269 Å². The summed E-state index contributed by atoms with van der Waals surface area (Å²) >= 11 is 0. The van der Waals surface area contributed by atoms with E-state index in [0.717, 1.165) is 70.6 Å². The van der Waals surface area contributed by atoms with Crippen molar-refractivity contribution in [2.24, 2.45) is 0 Å². The minimum Gasteiger partial charge on any atom is -0.454 e. The van der Waals surface area contributed by atoms with E-state index in [1.54, 1.807) is 12.2 Å². The average Bonchev–Trinajstić information content (AvgIpc) is 3.37. The molecule has 6 N–H and O–H groups in total. The largest absolute Gasteiger partial charge is 0.454 e. The van der Waals surface area contributed by atoms with Crippen molar-refractivity contribution < 1.29 is 49.3 Å². The van der Waals surface area contributed by atoms with E-state index in [1.807, 2.05) is 12.2 Å². The van der Waals surface area contributed by atoms with Gasteiger partial charge in [0, 0.05) is 12.8 Å². The zero-order valence-corrected chi connectivity index (χ0v) is 44.8. The van der Waals surface area contributed by atoms with Crippen LogP contribution >= 0.6 is 0 Å². The van der Waals surface area contributed by atoms with Gasteiger partial charge >= 0.3 is 5.97 Å². The second-order valence-corrected chi connectivity index (χ2v) is 19.3. The van der Waals surface area contributed by atoms with Gasteiger partial charge in [0.05, 0.1) is 25.4 Å². The van der Waals surface area contributed by atoms with Gasteiger partial charge in [0.25, 0.3) is 0 Å². The molecule has 0 aromatic heterocycles. The number of hydrogen-bond acceptors (Lipinski definition) is 10. The second kappa shape index (κ2) is 47.8. The lowest BCUT2D eigenvalue weighted by atomic mass is 9.99. The van der Waals surface area contributed by atoms with Crippen molar-refractivity contribution in [1.29, 1.82) is 0 Å². The number of nitrogens with one attached hydrogen (secondary N) is 1. The van der Waals surface area contributed by atoms with E-state index in [4.69, 9.17) is 14.2 Å². The predicted molar refractivity (Wildman–Crippen MR) is 292 cm³/mol. The topological polar surface area (TPSA) is 175 Å². The first-order valence-corrected chi connectivity index (χ1v) is 28.4. The zero-order valence-electron chi connectivity index (χ0n) is 44.8. The van der Waals surface area contributed by atoms with Gasteiger partial charge in [0.1, 0.15) is 24.4 Å². The lowest BCUT2D eigenvalue weighted by molar-refractivity contribution is -0.305. The molecule has 11 heteroatoms. The third-order valence-corrected chi connectivity index (χ3v) is 12.8. The maximum atomic E-state index is 13.3. The molecule has 408 valence electrons. The summed E-state index contributed by atoms with van der Waals surface area (Å²) in [6.07, 6.45) is 50.8.